The highest BCUT2D eigenvalue weighted by Crippen LogP contribution is 2.31. The van der Waals surface area contributed by atoms with Crippen LogP contribution in [-0.2, 0) is 0 Å². The van der Waals surface area contributed by atoms with Gasteiger partial charge < -0.3 is 10.6 Å². The fourth-order valence-corrected chi connectivity index (χ4v) is 3.15. The Morgan fingerprint density at radius 1 is 1.50 bits per heavy atom. The van der Waals surface area contributed by atoms with Gasteiger partial charge >= 0.3 is 0 Å². The molecule has 1 aliphatic rings. The average molecular weight is 278 g/mol. The van der Waals surface area contributed by atoms with E-state index in [1.54, 1.807) is 6.07 Å². The summed E-state index contributed by atoms with van der Waals surface area (Å²) in [4.78, 5) is 16.8. The van der Waals surface area contributed by atoms with Gasteiger partial charge in [0.1, 0.15) is 12.0 Å². The number of nitrogens with two attached hydrogens (primary N) is 1. The molecule has 0 spiro atoms. The Morgan fingerprint density at radius 2 is 2.20 bits per heavy atom. The molecule has 1 saturated carbocycles. The van der Waals surface area contributed by atoms with Gasteiger partial charge in [-0.1, -0.05) is 12.8 Å². The summed E-state index contributed by atoms with van der Waals surface area (Å²) in [6, 6.07) is 1.96. The van der Waals surface area contributed by atoms with Crippen LogP contribution in [0.1, 0.15) is 31.2 Å². The van der Waals surface area contributed by atoms with Crippen LogP contribution in [0.5, 0.6) is 0 Å². The van der Waals surface area contributed by atoms with Gasteiger partial charge in [0.2, 0.25) is 0 Å². The summed E-state index contributed by atoms with van der Waals surface area (Å²) in [6.45, 7) is 2.55. The van der Waals surface area contributed by atoms with Crippen LogP contribution in [0.2, 0.25) is 0 Å². The number of aromatic nitrogens is 1. The quantitative estimate of drug-likeness (QED) is 0.674. The molecule has 110 valence electrons. The van der Waals surface area contributed by atoms with Crippen molar-refractivity contribution in [3.8, 4) is 0 Å². The molecule has 1 aromatic heterocycles. The average Bonchev–Trinajstić information content (AvgIpc) is 2.46. The first-order chi connectivity index (χ1) is 9.54. The third-order valence-corrected chi connectivity index (χ3v) is 4.25. The van der Waals surface area contributed by atoms with E-state index >= 15 is 0 Å². The van der Waals surface area contributed by atoms with Crippen molar-refractivity contribution in [2.24, 2.45) is 11.7 Å². The molecular weight excluding hydrogens is 256 g/mol. The van der Waals surface area contributed by atoms with Crippen molar-refractivity contribution < 1.29 is 4.92 Å². The SMILES string of the molecule is Cc1cc([N+](=O)[O-])cnc1N(C)C1CCCCC1CN. The van der Waals surface area contributed by atoms with Crippen molar-refractivity contribution in [3.05, 3.63) is 27.9 Å². The van der Waals surface area contributed by atoms with E-state index in [-0.39, 0.29) is 5.69 Å². The third-order valence-electron chi connectivity index (χ3n) is 4.25. The van der Waals surface area contributed by atoms with Crippen molar-refractivity contribution >= 4 is 11.5 Å². The molecule has 1 fully saturated rings. The fraction of sp³-hybridized carbons (Fsp3) is 0.643. The maximum Gasteiger partial charge on any atom is 0.287 e. The predicted molar refractivity (Wildman–Crippen MR) is 78.8 cm³/mol. The van der Waals surface area contributed by atoms with Crippen LogP contribution in [0.15, 0.2) is 12.3 Å². The Balaban J connectivity index is 2.23. The highest BCUT2D eigenvalue weighted by Gasteiger charge is 2.29. The molecule has 0 saturated heterocycles. The minimum Gasteiger partial charge on any atom is -0.356 e. The first-order valence-electron chi connectivity index (χ1n) is 7.08. The summed E-state index contributed by atoms with van der Waals surface area (Å²) in [5.74, 6) is 1.30. The van der Waals surface area contributed by atoms with Crippen molar-refractivity contribution in [3.63, 3.8) is 0 Å². The van der Waals surface area contributed by atoms with E-state index in [2.05, 4.69) is 9.88 Å². The molecule has 0 bridgehead atoms. The Hall–Kier alpha value is -1.69. The van der Waals surface area contributed by atoms with Gasteiger partial charge in [-0.05, 0) is 37.8 Å². The van der Waals surface area contributed by atoms with Crippen LogP contribution in [0.25, 0.3) is 0 Å². The van der Waals surface area contributed by atoms with Crippen molar-refractivity contribution in [1.29, 1.82) is 0 Å². The van der Waals surface area contributed by atoms with Gasteiger partial charge in [0.25, 0.3) is 5.69 Å². The molecule has 20 heavy (non-hydrogen) atoms. The molecule has 0 aromatic carbocycles. The smallest absolute Gasteiger partial charge is 0.287 e. The van der Waals surface area contributed by atoms with Crippen LogP contribution in [0.3, 0.4) is 0 Å². The summed E-state index contributed by atoms with van der Waals surface area (Å²) in [7, 11) is 2.01. The fourth-order valence-electron chi connectivity index (χ4n) is 3.15. The molecule has 0 aliphatic heterocycles. The molecule has 6 nitrogen and oxygen atoms in total. The predicted octanol–water partition coefficient (Wildman–Crippen LogP) is 2.25. The van der Waals surface area contributed by atoms with Crippen LogP contribution in [0.4, 0.5) is 11.5 Å². The molecule has 2 atom stereocenters. The molecule has 2 unspecified atom stereocenters. The number of nitrogens with zero attached hydrogens (tertiary/aromatic N) is 3. The van der Waals surface area contributed by atoms with E-state index in [1.165, 1.54) is 19.0 Å². The molecule has 1 aliphatic carbocycles. The highest BCUT2D eigenvalue weighted by molar-refractivity contribution is 5.50. The highest BCUT2D eigenvalue weighted by atomic mass is 16.6. The Kier molecular flexibility index (Phi) is 4.54. The lowest BCUT2D eigenvalue weighted by Crippen LogP contribution is -2.43. The van der Waals surface area contributed by atoms with Gasteiger partial charge in [0, 0.05) is 19.2 Å². The van der Waals surface area contributed by atoms with E-state index in [0.717, 1.165) is 24.2 Å². The van der Waals surface area contributed by atoms with Gasteiger partial charge in [-0.25, -0.2) is 4.98 Å². The third kappa shape index (κ3) is 2.90. The minimum absolute atomic E-state index is 0.0404. The zero-order valence-electron chi connectivity index (χ0n) is 12.1. The summed E-state index contributed by atoms with van der Waals surface area (Å²) < 4.78 is 0. The van der Waals surface area contributed by atoms with Crippen molar-refractivity contribution in [2.45, 2.75) is 38.6 Å². The van der Waals surface area contributed by atoms with E-state index in [9.17, 15) is 10.1 Å². The zero-order valence-corrected chi connectivity index (χ0v) is 12.1. The molecule has 1 heterocycles. The second-order valence-corrected chi connectivity index (χ2v) is 5.55. The van der Waals surface area contributed by atoms with Gasteiger partial charge in [0.15, 0.2) is 0 Å². The lowest BCUT2D eigenvalue weighted by molar-refractivity contribution is -0.385. The maximum absolute atomic E-state index is 10.8. The normalized spacial score (nSPS) is 22.6. The standard InChI is InChI=1S/C14H22N4O2/c1-10-7-12(18(19)20)9-16-14(10)17(2)13-6-4-3-5-11(13)8-15/h7,9,11,13H,3-6,8,15H2,1-2H3. The topological polar surface area (TPSA) is 85.3 Å². The molecule has 6 heteroatoms. The molecule has 0 amide bonds. The summed E-state index contributed by atoms with van der Waals surface area (Å²) in [5.41, 5.74) is 6.75. The molecule has 1 aromatic rings. The Bertz CT molecular complexity index is 492. The summed E-state index contributed by atoms with van der Waals surface area (Å²) >= 11 is 0. The largest absolute Gasteiger partial charge is 0.356 e. The van der Waals surface area contributed by atoms with Gasteiger partial charge in [0.05, 0.1) is 4.92 Å². The van der Waals surface area contributed by atoms with Crippen LogP contribution in [0, 0.1) is 23.0 Å². The van der Waals surface area contributed by atoms with E-state index in [1.807, 2.05) is 14.0 Å². The van der Waals surface area contributed by atoms with Crippen LogP contribution in [-0.4, -0.2) is 29.5 Å². The monoisotopic (exact) mass is 278 g/mol. The zero-order chi connectivity index (χ0) is 14.7. The van der Waals surface area contributed by atoms with E-state index in [0.29, 0.717) is 18.5 Å². The first-order valence-corrected chi connectivity index (χ1v) is 7.08. The number of hydrogen-bond donors (Lipinski definition) is 1. The molecule has 2 N–H and O–H groups in total. The number of anilines is 1. The molecular formula is C14H22N4O2. The molecule has 0 radical (unpaired) electrons. The second kappa shape index (κ2) is 6.17. The Labute approximate surface area is 119 Å². The van der Waals surface area contributed by atoms with Crippen LogP contribution < -0.4 is 10.6 Å². The first kappa shape index (κ1) is 14.7. The van der Waals surface area contributed by atoms with Gasteiger partial charge in [-0.3, -0.25) is 10.1 Å². The lowest BCUT2D eigenvalue weighted by Gasteiger charge is -2.38. The van der Waals surface area contributed by atoms with Gasteiger partial charge in [-0.2, -0.15) is 0 Å². The van der Waals surface area contributed by atoms with Crippen molar-refractivity contribution in [1.82, 2.24) is 4.98 Å². The number of nitro groups is 1. The number of pyridine rings is 1. The van der Waals surface area contributed by atoms with E-state index < -0.39 is 4.92 Å². The minimum atomic E-state index is -0.410. The maximum atomic E-state index is 10.8. The second-order valence-electron chi connectivity index (χ2n) is 5.55. The Morgan fingerprint density at radius 3 is 2.80 bits per heavy atom. The van der Waals surface area contributed by atoms with E-state index in [4.69, 9.17) is 5.73 Å². The number of rotatable bonds is 4. The lowest BCUT2D eigenvalue weighted by atomic mass is 9.83. The van der Waals surface area contributed by atoms with Crippen LogP contribution >= 0.6 is 0 Å². The molecule has 2 rings (SSSR count). The summed E-state index contributed by atoms with van der Waals surface area (Å²) in [6.07, 6.45) is 6.03. The number of aryl methyl sites for hydroxylation is 1. The van der Waals surface area contributed by atoms with Gasteiger partial charge in [-0.15, -0.1) is 0 Å². The summed E-state index contributed by atoms with van der Waals surface area (Å²) in [5, 5.41) is 10.8. The van der Waals surface area contributed by atoms with Crippen molar-refractivity contribution in [2.75, 3.05) is 18.5 Å². The number of hydrogen-bond acceptors (Lipinski definition) is 5.